The van der Waals surface area contributed by atoms with Gasteiger partial charge in [0.1, 0.15) is 0 Å². The first-order valence-corrected chi connectivity index (χ1v) is 15.3. The molecule has 0 spiro atoms. The molecule has 2 aromatic rings. The molecule has 0 N–H and O–H groups in total. The third-order valence-corrected chi connectivity index (χ3v) is 9.15. The van der Waals surface area contributed by atoms with Crippen molar-refractivity contribution >= 4 is 21.2 Å². The molecule has 2 rings (SSSR count). The lowest BCUT2D eigenvalue weighted by molar-refractivity contribution is 0.585. The summed E-state index contributed by atoms with van der Waals surface area (Å²) in [5.74, 6) is -0.637. The molecule has 0 heterocycles. The van der Waals surface area contributed by atoms with Gasteiger partial charge in [-0.1, -0.05) is 105 Å². The van der Waals surface area contributed by atoms with E-state index in [-0.39, 0.29) is 45.3 Å². The Morgan fingerprint density at radius 1 is 0.538 bits per heavy atom. The van der Waals surface area contributed by atoms with Gasteiger partial charge in [-0.15, -0.1) is 0 Å². The van der Waals surface area contributed by atoms with Crippen LogP contribution in [0.4, 0.5) is 11.4 Å². The monoisotopic (exact) mass is 552 g/mol. The summed E-state index contributed by atoms with van der Waals surface area (Å²) in [5, 5.41) is 8.13. The Labute approximate surface area is 234 Å². The van der Waals surface area contributed by atoms with E-state index in [9.17, 15) is 11.1 Å². The molecule has 0 unspecified atom stereocenters. The van der Waals surface area contributed by atoms with Crippen LogP contribution in [0.5, 0.6) is 0 Å². The Bertz CT molecular complexity index is 1340. The fraction of sp³-hybridized carbons (Fsp3) is 0.600. The zero-order valence-corrected chi connectivity index (χ0v) is 26.3. The van der Waals surface area contributed by atoms with Crippen LogP contribution in [-0.2, 0) is 9.84 Å². The highest BCUT2D eigenvalue weighted by Gasteiger charge is 2.36. The summed E-state index contributed by atoms with van der Waals surface area (Å²) in [5.41, 5.74) is 23.9. The first kappa shape index (κ1) is 32.2. The predicted octanol–water partition coefficient (Wildman–Crippen LogP) is 11.1. The van der Waals surface area contributed by atoms with Crippen molar-refractivity contribution < 1.29 is 8.42 Å². The zero-order chi connectivity index (χ0) is 30.0. The first-order valence-electron chi connectivity index (χ1n) is 13.8. The van der Waals surface area contributed by atoms with E-state index in [0.29, 0.717) is 33.6 Å². The van der Waals surface area contributed by atoms with Gasteiger partial charge in [0.2, 0.25) is 9.84 Å². The lowest BCUT2D eigenvalue weighted by Crippen LogP contribution is -2.18. The molecular weight excluding hydrogens is 508 g/mol. The molecule has 39 heavy (non-hydrogen) atoms. The molecule has 8 nitrogen and oxygen atoms in total. The van der Waals surface area contributed by atoms with Crippen molar-refractivity contribution in [3.05, 3.63) is 66.4 Å². The van der Waals surface area contributed by atoms with Crippen LogP contribution < -0.4 is 0 Å². The van der Waals surface area contributed by atoms with Gasteiger partial charge >= 0.3 is 0 Å². The Kier molecular flexibility index (Phi) is 10.3. The summed E-state index contributed by atoms with van der Waals surface area (Å²) < 4.78 is 30.3. The minimum absolute atomic E-state index is 0.0246. The van der Waals surface area contributed by atoms with Crippen molar-refractivity contribution in [2.75, 3.05) is 0 Å². The van der Waals surface area contributed by atoms with Gasteiger partial charge in [0, 0.05) is 21.2 Å². The van der Waals surface area contributed by atoms with Crippen molar-refractivity contribution in [3.8, 4) is 0 Å². The van der Waals surface area contributed by atoms with Crippen molar-refractivity contribution in [1.82, 2.24) is 0 Å². The van der Waals surface area contributed by atoms with Crippen molar-refractivity contribution in [3.63, 3.8) is 0 Å². The average molecular weight is 553 g/mol. The number of hydrogen-bond acceptors (Lipinski definition) is 4. The first-order chi connectivity index (χ1) is 18.0. The fourth-order valence-corrected chi connectivity index (χ4v) is 7.92. The third kappa shape index (κ3) is 6.11. The van der Waals surface area contributed by atoms with Gasteiger partial charge in [-0.3, -0.25) is 0 Å². The number of benzene rings is 2. The highest BCUT2D eigenvalue weighted by Crippen LogP contribution is 2.49. The molecule has 0 bridgehead atoms. The van der Waals surface area contributed by atoms with Crippen molar-refractivity contribution in [2.45, 2.75) is 128 Å². The molecule has 2 aromatic carbocycles. The van der Waals surface area contributed by atoms with E-state index in [0.717, 1.165) is 11.1 Å². The standard InChI is InChI=1S/C30H44N6O2S/c1-15(2)21-13-23(17(5)6)29(25(19(9)10)27(21)33-35-31)39(37,38)30-24(18(7)8)14-22(16(3)4)28(34-36-32)26(30)20(11)12/h13-20H,1-12H3. The average Bonchev–Trinajstić information content (AvgIpc) is 2.82. The molecule has 0 aliphatic heterocycles. The van der Waals surface area contributed by atoms with E-state index in [4.69, 9.17) is 0 Å². The third-order valence-electron chi connectivity index (χ3n) is 7.16. The van der Waals surface area contributed by atoms with Gasteiger partial charge in [0.05, 0.1) is 9.79 Å². The van der Waals surface area contributed by atoms with Crippen LogP contribution in [0.15, 0.2) is 32.2 Å². The van der Waals surface area contributed by atoms with Gasteiger partial charge in [-0.2, -0.15) is 0 Å². The highest BCUT2D eigenvalue weighted by atomic mass is 32.2. The number of rotatable bonds is 10. The fourth-order valence-electron chi connectivity index (χ4n) is 5.26. The van der Waals surface area contributed by atoms with Gasteiger partial charge in [0.25, 0.3) is 0 Å². The Balaban J connectivity index is 3.42. The smallest absolute Gasteiger partial charge is 0.207 e. The number of nitrogens with zero attached hydrogens (tertiary/aromatic N) is 6. The second kappa shape index (κ2) is 12.5. The predicted molar refractivity (Wildman–Crippen MR) is 160 cm³/mol. The molecule has 9 heteroatoms. The van der Waals surface area contributed by atoms with E-state index in [1.165, 1.54) is 0 Å². The molecule has 0 saturated carbocycles. The van der Waals surface area contributed by atoms with Crippen LogP contribution in [0.25, 0.3) is 20.9 Å². The van der Waals surface area contributed by atoms with E-state index in [1.807, 2.05) is 95.2 Å². The maximum atomic E-state index is 15.1. The van der Waals surface area contributed by atoms with Crippen LogP contribution in [-0.4, -0.2) is 8.42 Å². The molecule has 212 valence electrons. The van der Waals surface area contributed by atoms with Gasteiger partial charge in [-0.05, 0) is 80.0 Å². The van der Waals surface area contributed by atoms with Gasteiger partial charge in [0.15, 0.2) is 0 Å². The van der Waals surface area contributed by atoms with Crippen LogP contribution in [0.2, 0.25) is 0 Å². The quantitative estimate of drug-likeness (QED) is 0.165. The van der Waals surface area contributed by atoms with Crippen molar-refractivity contribution in [1.29, 1.82) is 0 Å². The van der Waals surface area contributed by atoms with E-state index < -0.39 is 9.84 Å². The van der Waals surface area contributed by atoms with E-state index in [2.05, 4.69) is 20.1 Å². The molecule has 0 atom stereocenters. The SMILES string of the molecule is CC(C)c1cc(C(C)C)c(S(=O)(=O)c2c(C(C)C)cc(C(C)C)c(N=[N+]=[N-])c2C(C)C)c(C(C)C)c1N=[N+]=[N-]. The van der Waals surface area contributed by atoms with E-state index in [1.54, 1.807) is 0 Å². The maximum absolute atomic E-state index is 15.1. The lowest BCUT2D eigenvalue weighted by atomic mass is 9.87. The molecule has 0 radical (unpaired) electrons. The minimum Gasteiger partial charge on any atom is -0.218 e. The van der Waals surface area contributed by atoms with Crippen LogP contribution in [0, 0.1) is 0 Å². The summed E-state index contributed by atoms with van der Waals surface area (Å²) >= 11 is 0. The second-order valence-electron chi connectivity index (χ2n) is 12.1. The molecule has 0 amide bonds. The van der Waals surface area contributed by atoms with Crippen molar-refractivity contribution in [2.24, 2.45) is 10.2 Å². The summed E-state index contributed by atoms with van der Waals surface area (Å²) in [6.07, 6.45) is 0. The summed E-state index contributed by atoms with van der Waals surface area (Å²) in [6.45, 7) is 23.7. The Morgan fingerprint density at radius 3 is 1.03 bits per heavy atom. The maximum Gasteiger partial charge on any atom is 0.207 e. The van der Waals surface area contributed by atoms with Crippen LogP contribution in [0.1, 0.15) is 152 Å². The molecule has 0 fully saturated rings. The highest BCUT2D eigenvalue weighted by molar-refractivity contribution is 7.91. The Hall–Kier alpha value is -2.99. The Morgan fingerprint density at radius 2 is 0.821 bits per heavy atom. The van der Waals surface area contributed by atoms with Gasteiger partial charge in [-0.25, -0.2) is 8.42 Å². The van der Waals surface area contributed by atoms with Gasteiger partial charge < -0.3 is 0 Å². The van der Waals surface area contributed by atoms with Crippen LogP contribution in [0.3, 0.4) is 0 Å². The molecule has 0 aromatic heterocycles. The molecular formula is C30H44N6O2S. The van der Waals surface area contributed by atoms with E-state index >= 15 is 8.42 Å². The number of hydrogen-bond donors (Lipinski definition) is 0. The largest absolute Gasteiger partial charge is 0.218 e. The summed E-state index contributed by atoms with van der Waals surface area (Å²) in [7, 11) is -4.17. The topological polar surface area (TPSA) is 132 Å². The summed E-state index contributed by atoms with van der Waals surface area (Å²) in [4.78, 5) is 6.60. The lowest BCUT2D eigenvalue weighted by Gasteiger charge is -2.29. The zero-order valence-electron chi connectivity index (χ0n) is 25.5. The minimum atomic E-state index is -4.17. The molecule has 0 aliphatic carbocycles. The number of azide groups is 2. The number of sulfone groups is 1. The summed E-state index contributed by atoms with van der Waals surface area (Å²) in [6, 6.07) is 3.80. The molecule has 0 aliphatic rings. The normalized spacial score (nSPS) is 12.2. The second-order valence-corrected chi connectivity index (χ2v) is 13.9. The molecule has 0 saturated heterocycles. The van der Waals surface area contributed by atoms with Crippen LogP contribution >= 0.6 is 0 Å².